The van der Waals surface area contributed by atoms with Gasteiger partial charge in [0.15, 0.2) is 0 Å². The van der Waals surface area contributed by atoms with E-state index in [0.29, 0.717) is 21.9 Å². The minimum Gasteiger partial charge on any atom is -0.505 e. The average molecular weight is 363 g/mol. The highest BCUT2D eigenvalue weighted by atomic mass is 35.5. The molecule has 2 N–H and O–H groups in total. The second-order valence-corrected chi connectivity index (χ2v) is 6.24. The van der Waals surface area contributed by atoms with Crippen molar-refractivity contribution in [3.63, 3.8) is 0 Å². The van der Waals surface area contributed by atoms with Crippen molar-refractivity contribution in [1.29, 1.82) is 0 Å². The maximum absolute atomic E-state index is 10.8. The molecule has 1 atom stereocenters. The first-order chi connectivity index (χ1) is 12.7. The molecular formula is C20H15ClN4O. The third-order valence-electron chi connectivity index (χ3n) is 4.13. The van der Waals surface area contributed by atoms with E-state index in [1.54, 1.807) is 36.9 Å². The van der Waals surface area contributed by atoms with Gasteiger partial charge in [-0.05, 0) is 29.8 Å². The van der Waals surface area contributed by atoms with E-state index in [1.807, 2.05) is 36.4 Å². The number of halogens is 1. The van der Waals surface area contributed by atoms with Crippen molar-refractivity contribution in [1.82, 2.24) is 15.0 Å². The zero-order chi connectivity index (χ0) is 17.9. The standard InChI is InChI=1S/C20H15ClN4O/c21-15-6-8-17(24-12-15)25-18(14-4-1-9-22-11-14)16-7-5-13-3-2-10-23-19(13)20(16)26/h1-12,18,26H,(H,24,25). The quantitative estimate of drug-likeness (QED) is 0.555. The predicted octanol–water partition coefficient (Wildman–Crippen LogP) is 4.59. The highest BCUT2D eigenvalue weighted by Crippen LogP contribution is 2.35. The molecule has 128 valence electrons. The molecule has 1 unspecified atom stereocenters. The number of aromatic hydroxyl groups is 1. The van der Waals surface area contributed by atoms with Crippen LogP contribution < -0.4 is 5.32 Å². The summed E-state index contributed by atoms with van der Waals surface area (Å²) in [6.45, 7) is 0. The Morgan fingerprint density at radius 3 is 2.58 bits per heavy atom. The summed E-state index contributed by atoms with van der Waals surface area (Å²) >= 11 is 5.92. The summed E-state index contributed by atoms with van der Waals surface area (Å²) in [5.41, 5.74) is 2.15. The molecule has 0 radical (unpaired) electrons. The first kappa shape index (κ1) is 16.3. The SMILES string of the molecule is Oc1c(C(Nc2ccc(Cl)cn2)c2cccnc2)ccc2cccnc12. The molecule has 0 aliphatic heterocycles. The highest BCUT2D eigenvalue weighted by Gasteiger charge is 2.20. The van der Waals surface area contributed by atoms with E-state index < -0.39 is 0 Å². The first-order valence-corrected chi connectivity index (χ1v) is 8.45. The summed E-state index contributed by atoms with van der Waals surface area (Å²) in [5, 5.41) is 15.6. The van der Waals surface area contributed by atoms with Crippen LogP contribution in [0.3, 0.4) is 0 Å². The number of fused-ring (bicyclic) bond motifs is 1. The molecule has 6 heteroatoms. The molecule has 3 heterocycles. The fourth-order valence-corrected chi connectivity index (χ4v) is 2.99. The first-order valence-electron chi connectivity index (χ1n) is 8.07. The number of phenolic OH excluding ortho intramolecular Hbond substituents is 1. The van der Waals surface area contributed by atoms with Gasteiger partial charge in [0.05, 0.1) is 11.1 Å². The lowest BCUT2D eigenvalue weighted by atomic mass is 9.97. The second-order valence-electron chi connectivity index (χ2n) is 5.80. The third-order valence-corrected chi connectivity index (χ3v) is 4.35. The minimum atomic E-state index is -0.344. The van der Waals surface area contributed by atoms with Crippen LogP contribution in [0.25, 0.3) is 10.9 Å². The summed E-state index contributed by atoms with van der Waals surface area (Å²) in [6, 6.07) is 14.6. The number of benzene rings is 1. The minimum absolute atomic E-state index is 0.137. The number of nitrogens with one attached hydrogen (secondary N) is 1. The van der Waals surface area contributed by atoms with Gasteiger partial charge in [0.25, 0.3) is 0 Å². The molecule has 0 amide bonds. The van der Waals surface area contributed by atoms with E-state index >= 15 is 0 Å². The van der Waals surface area contributed by atoms with Crippen LogP contribution in [0.2, 0.25) is 5.02 Å². The van der Waals surface area contributed by atoms with Crippen LogP contribution in [0.5, 0.6) is 5.75 Å². The van der Waals surface area contributed by atoms with Crippen LogP contribution in [0.15, 0.2) is 73.3 Å². The van der Waals surface area contributed by atoms with Gasteiger partial charge in [-0.1, -0.05) is 35.9 Å². The smallest absolute Gasteiger partial charge is 0.147 e. The molecule has 0 saturated heterocycles. The number of hydrogen-bond acceptors (Lipinski definition) is 5. The molecule has 4 rings (SSSR count). The average Bonchev–Trinajstić information content (AvgIpc) is 2.69. The fourth-order valence-electron chi connectivity index (χ4n) is 2.87. The van der Waals surface area contributed by atoms with Crippen molar-refractivity contribution >= 4 is 28.3 Å². The van der Waals surface area contributed by atoms with Crippen LogP contribution in [-0.2, 0) is 0 Å². The Kier molecular flexibility index (Phi) is 4.37. The van der Waals surface area contributed by atoms with Crippen molar-refractivity contribution in [2.75, 3.05) is 5.32 Å². The topological polar surface area (TPSA) is 70.9 Å². The van der Waals surface area contributed by atoms with E-state index in [9.17, 15) is 5.11 Å². The van der Waals surface area contributed by atoms with Crippen molar-refractivity contribution in [3.05, 3.63) is 89.5 Å². The van der Waals surface area contributed by atoms with E-state index in [2.05, 4.69) is 20.3 Å². The number of phenols is 1. The number of hydrogen-bond donors (Lipinski definition) is 2. The molecule has 3 aromatic heterocycles. The Morgan fingerprint density at radius 1 is 0.923 bits per heavy atom. The Balaban J connectivity index is 1.83. The molecule has 0 aliphatic carbocycles. The van der Waals surface area contributed by atoms with Crippen LogP contribution >= 0.6 is 11.6 Å². The number of anilines is 1. The Labute approximate surface area is 155 Å². The van der Waals surface area contributed by atoms with Gasteiger partial charge < -0.3 is 10.4 Å². The Morgan fingerprint density at radius 2 is 1.81 bits per heavy atom. The molecule has 26 heavy (non-hydrogen) atoms. The maximum Gasteiger partial charge on any atom is 0.147 e. The van der Waals surface area contributed by atoms with Gasteiger partial charge in [-0.2, -0.15) is 0 Å². The number of pyridine rings is 3. The van der Waals surface area contributed by atoms with Crippen LogP contribution in [0.4, 0.5) is 5.82 Å². The molecule has 5 nitrogen and oxygen atoms in total. The lowest BCUT2D eigenvalue weighted by Gasteiger charge is -2.21. The van der Waals surface area contributed by atoms with Crippen LogP contribution in [0, 0.1) is 0 Å². The van der Waals surface area contributed by atoms with Gasteiger partial charge in [0.2, 0.25) is 0 Å². The molecule has 0 saturated carbocycles. The summed E-state index contributed by atoms with van der Waals surface area (Å²) in [4.78, 5) is 12.8. The fraction of sp³-hybridized carbons (Fsp3) is 0.0500. The zero-order valence-electron chi connectivity index (χ0n) is 13.7. The summed E-state index contributed by atoms with van der Waals surface area (Å²) in [5.74, 6) is 0.780. The van der Waals surface area contributed by atoms with Crippen molar-refractivity contribution < 1.29 is 5.11 Å². The Bertz CT molecular complexity index is 1040. The lowest BCUT2D eigenvalue weighted by Crippen LogP contribution is -2.14. The number of nitrogens with zero attached hydrogens (tertiary/aromatic N) is 3. The van der Waals surface area contributed by atoms with Gasteiger partial charge in [-0.25, -0.2) is 4.98 Å². The van der Waals surface area contributed by atoms with Gasteiger partial charge >= 0.3 is 0 Å². The molecule has 0 fully saturated rings. The van der Waals surface area contributed by atoms with E-state index in [-0.39, 0.29) is 11.8 Å². The van der Waals surface area contributed by atoms with Crippen LogP contribution in [-0.4, -0.2) is 20.1 Å². The second kappa shape index (κ2) is 6.98. The van der Waals surface area contributed by atoms with E-state index in [4.69, 9.17) is 11.6 Å². The summed E-state index contributed by atoms with van der Waals surface area (Å²) < 4.78 is 0. The van der Waals surface area contributed by atoms with E-state index in [0.717, 1.165) is 10.9 Å². The van der Waals surface area contributed by atoms with Crippen molar-refractivity contribution in [3.8, 4) is 5.75 Å². The monoisotopic (exact) mass is 362 g/mol. The number of aromatic nitrogens is 3. The summed E-state index contributed by atoms with van der Waals surface area (Å²) in [7, 11) is 0. The predicted molar refractivity (Wildman–Crippen MR) is 102 cm³/mol. The number of rotatable bonds is 4. The van der Waals surface area contributed by atoms with Gasteiger partial charge in [0.1, 0.15) is 17.1 Å². The molecule has 0 aliphatic rings. The lowest BCUT2D eigenvalue weighted by molar-refractivity contribution is 0.471. The normalized spacial score (nSPS) is 12.0. The van der Waals surface area contributed by atoms with Crippen molar-refractivity contribution in [2.45, 2.75) is 6.04 Å². The maximum atomic E-state index is 10.8. The zero-order valence-corrected chi connectivity index (χ0v) is 14.4. The molecule has 0 spiro atoms. The molecule has 4 aromatic rings. The van der Waals surface area contributed by atoms with Gasteiger partial charge in [-0.3, -0.25) is 9.97 Å². The van der Waals surface area contributed by atoms with Gasteiger partial charge in [0, 0.05) is 35.7 Å². The molecule has 0 bridgehead atoms. The van der Waals surface area contributed by atoms with Crippen molar-refractivity contribution in [2.24, 2.45) is 0 Å². The van der Waals surface area contributed by atoms with Crippen LogP contribution in [0.1, 0.15) is 17.2 Å². The largest absolute Gasteiger partial charge is 0.505 e. The summed E-state index contributed by atoms with van der Waals surface area (Å²) in [6.07, 6.45) is 6.71. The molecule has 1 aromatic carbocycles. The Hall–Kier alpha value is -3.18. The van der Waals surface area contributed by atoms with E-state index in [1.165, 1.54) is 0 Å². The van der Waals surface area contributed by atoms with Gasteiger partial charge in [-0.15, -0.1) is 0 Å². The molecular weight excluding hydrogens is 348 g/mol. The highest BCUT2D eigenvalue weighted by molar-refractivity contribution is 6.30. The third kappa shape index (κ3) is 3.17.